The van der Waals surface area contributed by atoms with Crippen LogP contribution in [0.15, 0.2) is 42.6 Å². The van der Waals surface area contributed by atoms with Gasteiger partial charge in [0.15, 0.2) is 0 Å². The zero-order chi connectivity index (χ0) is 18.4. The molecule has 0 bridgehead atoms. The minimum Gasteiger partial charge on any atom is -0.354 e. The molecule has 1 amide bonds. The number of halogens is 1. The average Bonchev–Trinajstić information content (AvgIpc) is 2.88. The first-order valence-corrected chi connectivity index (χ1v) is 9.88. The molecule has 1 atom stereocenters. The van der Waals surface area contributed by atoms with E-state index in [0.717, 1.165) is 18.7 Å². The van der Waals surface area contributed by atoms with Gasteiger partial charge in [-0.15, -0.1) is 0 Å². The quantitative estimate of drug-likeness (QED) is 0.832. The molecule has 1 saturated heterocycles. The van der Waals surface area contributed by atoms with Crippen LogP contribution in [0.4, 0.5) is 0 Å². The molecular weight excluding hydrogens is 346 g/mol. The molecule has 4 nitrogen and oxygen atoms in total. The molecule has 1 fully saturated rings. The van der Waals surface area contributed by atoms with Crippen LogP contribution in [0.5, 0.6) is 0 Å². The Morgan fingerprint density at radius 2 is 1.81 bits per heavy atom. The van der Waals surface area contributed by atoms with Gasteiger partial charge in [-0.1, -0.05) is 36.6 Å². The number of hydrogen-bond donors (Lipinski definition) is 1. The number of carbonyl (C=O) groups excluding carboxylic acids is 1. The van der Waals surface area contributed by atoms with E-state index in [-0.39, 0.29) is 11.9 Å². The van der Waals surface area contributed by atoms with Gasteiger partial charge >= 0.3 is 0 Å². The summed E-state index contributed by atoms with van der Waals surface area (Å²) in [6, 6.07) is 11.9. The van der Waals surface area contributed by atoms with Gasteiger partial charge in [-0.05, 0) is 55.8 Å². The molecule has 5 heteroatoms. The highest BCUT2D eigenvalue weighted by molar-refractivity contribution is 6.30. The molecule has 0 radical (unpaired) electrons. The molecule has 0 aliphatic carbocycles. The normalized spacial score (nSPS) is 16.8. The van der Waals surface area contributed by atoms with E-state index >= 15 is 0 Å². The maximum atomic E-state index is 12.4. The van der Waals surface area contributed by atoms with Gasteiger partial charge in [0, 0.05) is 30.5 Å². The third-order valence-corrected chi connectivity index (χ3v) is 5.43. The van der Waals surface area contributed by atoms with Gasteiger partial charge in [-0.25, -0.2) is 0 Å². The topological polar surface area (TPSA) is 37.3 Å². The second kappa shape index (κ2) is 9.24. The van der Waals surface area contributed by atoms with Crippen LogP contribution in [0, 0.1) is 0 Å². The van der Waals surface area contributed by atoms with Crippen molar-refractivity contribution in [3.05, 3.63) is 58.9 Å². The summed E-state index contributed by atoms with van der Waals surface area (Å²) in [6.07, 6.45) is 7.55. The van der Waals surface area contributed by atoms with Gasteiger partial charge in [-0.2, -0.15) is 0 Å². The highest BCUT2D eigenvalue weighted by Gasteiger charge is 2.23. The maximum absolute atomic E-state index is 12.4. The van der Waals surface area contributed by atoms with Gasteiger partial charge in [0.25, 0.3) is 0 Å². The van der Waals surface area contributed by atoms with Crippen molar-refractivity contribution < 1.29 is 4.79 Å². The molecule has 1 aliphatic rings. The maximum Gasteiger partial charge on any atom is 0.224 e. The Labute approximate surface area is 161 Å². The monoisotopic (exact) mass is 373 g/mol. The van der Waals surface area contributed by atoms with E-state index in [2.05, 4.69) is 40.2 Å². The number of hydrogen-bond acceptors (Lipinski definition) is 2. The predicted molar refractivity (Wildman–Crippen MR) is 106 cm³/mol. The van der Waals surface area contributed by atoms with Crippen LogP contribution in [-0.4, -0.2) is 35.0 Å². The van der Waals surface area contributed by atoms with Crippen molar-refractivity contribution >= 4 is 17.5 Å². The van der Waals surface area contributed by atoms with Crippen molar-refractivity contribution in [2.75, 3.05) is 19.6 Å². The van der Waals surface area contributed by atoms with Crippen molar-refractivity contribution in [3.63, 3.8) is 0 Å². The highest BCUT2D eigenvalue weighted by atomic mass is 35.5. The molecular formula is C21H28ClN3O. The van der Waals surface area contributed by atoms with E-state index in [1.807, 2.05) is 24.3 Å². The first-order valence-electron chi connectivity index (χ1n) is 9.50. The number of carbonyl (C=O) groups is 1. The molecule has 2 aromatic rings. The van der Waals surface area contributed by atoms with Gasteiger partial charge in [0.05, 0.1) is 12.5 Å². The SMILES string of the molecule is Cn1cccc1[C@@H](CNC(=O)Cc1ccc(Cl)cc1)N1CCCCCC1. The molecule has 1 aromatic carbocycles. The van der Waals surface area contributed by atoms with Crippen molar-refractivity contribution in [2.45, 2.75) is 38.1 Å². The first-order chi connectivity index (χ1) is 12.6. The van der Waals surface area contributed by atoms with Crippen LogP contribution in [0.1, 0.15) is 43.0 Å². The fourth-order valence-electron chi connectivity index (χ4n) is 3.71. The van der Waals surface area contributed by atoms with E-state index in [4.69, 9.17) is 11.6 Å². The summed E-state index contributed by atoms with van der Waals surface area (Å²) in [6.45, 7) is 2.84. The molecule has 2 heterocycles. The van der Waals surface area contributed by atoms with Crippen molar-refractivity contribution in [1.82, 2.24) is 14.8 Å². The standard InChI is InChI=1S/C21H28ClN3O/c1-24-12-6-7-19(24)20(25-13-4-2-3-5-14-25)16-23-21(26)15-17-8-10-18(22)11-9-17/h6-12,20H,2-5,13-16H2,1H3,(H,23,26)/t20-/m1/s1. The van der Waals surface area contributed by atoms with Gasteiger partial charge in [-0.3, -0.25) is 9.69 Å². The largest absolute Gasteiger partial charge is 0.354 e. The van der Waals surface area contributed by atoms with Crippen molar-refractivity contribution in [1.29, 1.82) is 0 Å². The fraction of sp³-hybridized carbons (Fsp3) is 0.476. The van der Waals surface area contributed by atoms with Crippen LogP contribution < -0.4 is 5.32 Å². The van der Waals surface area contributed by atoms with Crippen molar-refractivity contribution in [3.8, 4) is 0 Å². The van der Waals surface area contributed by atoms with Crippen molar-refractivity contribution in [2.24, 2.45) is 7.05 Å². The van der Waals surface area contributed by atoms with Crippen LogP contribution in [0.3, 0.4) is 0 Å². The highest BCUT2D eigenvalue weighted by Crippen LogP contribution is 2.24. The second-order valence-electron chi connectivity index (χ2n) is 7.12. The van der Waals surface area contributed by atoms with Crippen LogP contribution >= 0.6 is 11.6 Å². The van der Waals surface area contributed by atoms with E-state index < -0.39 is 0 Å². The number of aryl methyl sites for hydroxylation is 1. The Kier molecular flexibility index (Phi) is 6.75. The summed E-state index contributed by atoms with van der Waals surface area (Å²) in [5.41, 5.74) is 2.25. The number of amides is 1. The van der Waals surface area contributed by atoms with E-state index in [1.54, 1.807) is 0 Å². The van der Waals surface area contributed by atoms with E-state index in [0.29, 0.717) is 18.0 Å². The lowest BCUT2D eigenvalue weighted by molar-refractivity contribution is -0.120. The minimum atomic E-state index is 0.0568. The van der Waals surface area contributed by atoms with E-state index in [1.165, 1.54) is 31.4 Å². The Bertz CT molecular complexity index is 702. The minimum absolute atomic E-state index is 0.0568. The van der Waals surface area contributed by atoms with Crippen LogP contribution in [0.25, 0.3) is 0 Å². The lowest BCUT2D eigenvalue weighted by Crippen LogP contribution is -2.39. The Morgan fingerprint density at radius 3 is 2.42 bits per heavy atom. The van der Waals surface area contributed by atoms with Crippen LogP contribution in [-0.2, 0) is 18.3 Å². The lowest BCUT2D eigenvalue weighted by Gasteiger charge is -2.31. The summed E-state index contributed by atoms with van der Waals surface area (Å²) in [7, 11) is 2.08. The third-order valence-electron chi connectivity index (χ3n) is 5.18. The fourth-order valence-corrected chi connectivity index (χ4v) is 3.83. The zero-order valence-electron chi connectivity index (χ0n) is 15.5. The van der Waals surface area contributed by atoms with Gasteiger partial charge < -0.3 is 9.88 Å². The summed E-state index contributed by atoms with van der Waals surface area (Å²) >= 11 is 5.91. The second-order valence-corrected chi connectivity index (χ2v) is 7.55. The molecule has 1 N–H and O–H groups in total. The van der Waals surface area contributed by atoms with E-state index in [9.17, 15) is 4.79 Å². The third kappa shape index (κ3) is 5.12. The number of nitrogens with one attached hydrogen (secondary N) is 1. The number of rotatable bonds is 6. The molecule has 1 aliphatic heterocycles. The summed E-state index contributed by atoms with van der Waals surface area (Å²) in [4.78, 5) is 15.0. The summed E-state index contributed by atoms with van der Waals surface area (Å²) in [5.74, 6) is 0.0568. The number of aromatic nitrogens is 1. The Hall–Kier alpha value is -1.78. The zero-order valence-corrected chi connectivity index (χ0v) is 16.2. The lowest BCUT2D eigenvalue weighted by atomic mass is 10.1. The molecule has 1 aromatic heterocycles. The first kappa shape index (κ1) is 19.0. The molecule has 0 spiro atoms. The molecule has 3 rings (SSSR count). The van der Waals surface area contributed by atoms with Gasteiger partial charge in [0.1, 0.15) is 0 Å². The average molecular weight is 374 g/mol. The molecule has 26 heavy (non-hydrogen) atoms. The Balaban J connectivity index is 1.64. The Morgan fingerprint density at radius 1 is 1.12 bits per heavy atom. The number of benzene rings is 1. The number of likely N-dealkylation sites (tertiary alicyclic amines) is 1. The van der Waals surface area contributed by atoms with Gasteiger partial charge in [0.2, 0.25) is 5.91 Å². The summed E-state index contributed by atoms with van der Waals surface area (Å²) in [5, 5.41) is 3.85. The van der Waals surface area contributed by atoms with Crippen LogP contribution in [0.2, 0.25) is 5.02 Å². The molecule has 0 unspecified atom stereocenters. The molecule has 0 saturated carbocycles. The molecule has 140 valence electrons. The summed E-state index contributed by atoms with van der Waals surface area (Å²) < 4.78 is 2.17. The predicted octanol–water partition coefficient (Wildman–Crippen LogP) is 3.95. The smallest absolute Gasteiger partial charge is 0.224 e. The number of nitrogens with zero attached hydrogens (tertiary/aromatic N) is 2.